The van der Waals surface area contributed by atoms with E-state index in [1.54, 1.807) is 35.5 Å². The molecule has 1 N–H and O–H groups in total. The van der Waals surface area contributed by atoms with E-state index >= 15 is 0 Å². The number of pyridine rings is 2. The van der Waals surface area contributed by atoms with Crippen LogP contribution in [0, 0.1) is 12.8 Å². The molecule has 3 atom stereocenters. The maximum absolute atomic E-state index is 9.95. The summed E-state index contributed by atoms with van der Waals surface area (Å²) < 4.78 is 13.4. The lowest BCUT2D eigenvalue weighted by atomic mass is 10.0. The summed E-state index contributed by atoms with van der Waals surface area (Å²) in [5, 5.41) is 11.8. The number of fused-ring (bicyclic) bond motifs is 2. The van der Waals surface area contributed by atoms with Gasteiger partial charge in [0.15, 0.2) is 11.6 Å². The fourth-order valence-corrected chi connectivity index (χ4v) is 6.57. The summed E-state index contributed by atoms with van der Waals surface area (Å²) in [7, 11) is 0. The van der Waals surface area contributed by atoms with Crippen LogP contribution in [0.4, 0.5) is 5.82 Å². The van der Waals surface area contributed by atoms with Gasteiger partial charge in [-0.3, -0.25) is 4.98 Å². The first kappa shape index (κ1) is 22.9. The maximum Gasteiger partial charge on any atom is 0.164 e. The van der Waals surface area contributed by atoms with Crippen molar-refractivity contribution in [2.24, 2.45) is 10.9 Å². The normalized spacial score (nSPS) is 25.3. The lowest BCUT2D eigenvalue weighted by Gasteiger charge is -2.20. The van der Waals surface area contributed by atoms with Gasteiger partial charge < -0.3 is 14.6 Å². The fourth-order valence-electron chi connectivity index (χ4n) is 4.81. The maximum atomic E-state index is 9.95. The van der Waals surface area contributed by atoms with Crippen LogP contribution in [0.3, 0.4) is 0 Å². The van der Waals surface area contributed by atoms with Gasteiger partial charge in [0.05, 0.1) is 28.3 Å². The molecule has 5 rings (SSSR count). The van der Waals surface area contributed by atoms with Crippen LogP contribution in [-0.2, 0) is 15.9 Å². The molecule has 33 heavy (non-hydrogen) atoms. The van der Waals surface area contributed by atoms with Gasteiger partial charge in [-0.15, -0.1) is 23.1 Å². The SMILES string of the molecule is CCc1c(SC)nc(N=C2CC(CO)C3OC(C)(C)OC23)c(-c2nc3cnccc3s2)c1C. The molecule has 0 spiro atoms. The van der Waals surface area contributed by atoms with Crippen LogP contribution in [0.15, 0.2) is 28.5 Å². The van der Waals surface area contributed by atoms with Crippen molar-refractivity contribution in [3.8, 4) is 10.6 Å². The highest BCUT2D eigenvalue weighted by atomic mass is 32.2. The standard InChI is InChI=1S/C24H28N4O3S2/c1-6-14-12(2)18(23-27-16-10-25-8-7-17(16)33-23)21(28-22(14)32-5)26-15-9-13(11-29)19-20(15)31-24(3,4)30-19/h7-8,10,13,19-20,29H,6,9,11H2,1-5H3. The molecule has 174 valence electrons. The molecule has 2 aliphatic rings. The molecular formula is C24H28N4O3S2. The number of ether oxygens (including phenoxy) is 2. The summed E-state index contributed by atoms with van der Waals surface area (Å²) in [6.07, 6.45) is 6.65. The average Bonchev–Trinajstić information content (AvgIpc) is 3.44. The molecule has 4 heterocycles. The second-order valence-electron chi connectivity index (χ2n) is 8.91. The van der Waals surface area contributed by atoms with Crippen LogP contribution in [0.25, 0.3) is 20.8 Å². The molecule has 1 aliphatic carbocycles. The van der Waals surface area contributed by atoms with E-state index in [0.717, 1.165) is 43.5 Å². The number of thiazole rings is 1. The molecule has 3 unspecified atom stereocenters. The number of aliphatic hydroxyl groups excluding tert-OH is 1. The zero-order chi connectivity index (χ0) is 23.3. The molecule has 0 aromatic carbocycles. The van der Waals surface area contributed by atoms with E-state index in [2.05, 4.69) is 18.8 Å². The van der Waals surface area contributed by atoms with Crippen molar-refractivity contribution in [2.45, 2.75) is 63.6 Å². The molecule has 9 heteroatoms. The van der Waals surface area contributed by atoms with E-state index < -0.39 is 5.79 Å². The first-order chi connectivity index (χ1) is 15.8. The van der Waals surface area contributed by atoms with Gasteiger partial charge >= 0.3 is 0 Å². The zero-order valence-corrected chi connectivity index (χ0v) is 21.1. The van der Waals surface area contributed by atoms with Gasteiger partial charge in [-0.2, -0.15) is 0 Å². The average molecular weight is 485 g/mol. The number of hydrogen-bond donors (Lipinski definition) is 1. The van der Waals surface area contributed by atoms with Crippen LogP contribution in [0.2, 0.25) is 0 Å². The van der Waals surface area contributed by atoms with E-state index in [9.17, 15) is 5.11 Å². The van der Waals surface area contributed by atoms with E-state index in [1.165, 1.54) is 5.56 Å². The van der Waals surface area contributed by atoms with Crippen molar-refractivity contribution in [3.63, 3.8) is 0 Å². The van der Waals surface area contributed by atoms with Crippen molar-refractivity contribution in [1.82, 2.24) is 15.0 Å². The summed E-state index contributed by atoms with van der Waals surface area (Å²) in [4.78, 5) is 19.2. The predicted octanol–water partition coefficient (Wildman–Crippen LogP) is 4.95. The van der Waals surface area contributed by atoms with Crippen LogP contribution < -0.4 is 0 Å². The van der Waals surface area contributed by atoms with Crippen molar-refractivity contribution >= 4 is 44.8 Å². The van der Waals surface area contributed by atoms with Gasteiger partial charge in [0.2, 0.25) is 0 Å². The van der Waals surface area contributed by atoms with Crippen molar-refractivity contribution in [1.29, 1.82) is 0 Å². The Labute approximate surface area is 201 Å². The lowest BCUT2D eigenvalue weighted by Crippen LogP contribution is -2.27. The minimum absolute atomic E-state index is 0.0364. The smallest absolute Gasteiger partial charge is 0.164 e. The minimum Gasteiger partial charge on any atom is -0.396 e. The van der Waals surface area contributed by atoms with E-state index in [1.807, 2.05) is 26.2 Å². The van der Waals surface area contributed by atoms with Crippen molar-refractivity contribution in [3.05, 3.63) is 29.6 Å². The summed E-state index contributed by atoms with van der Waals surface area (Å²) in [5.74, 6) is -0.0858. The Hall–Kier alpha value is -1.91. The molecule has 2 fully saturated rings. The second kappa shape index (κ2) is 8.70. The topological polar surface area (TPSA) is 89.7 Å². The van der Waals surface area contributed by atoms with Gasteiger partial charge in [0, 0.05) is 18.7 Å². The van der Waals surface area contributed by atoms with Crippen LogP contribution in [-0.4, -0.2) is 56.6 Å². The monoisotopic (exact) mass is 484 g/mol. The Kier molecular flexibility index (Phi) is 6.03. The van der Waals surface area contributed by atoms with Crippen LogP contribution >= 0.6 is 23.1 Å². The highest BCUT2D eigenvalue weighted by Gasteiger charge is 2.52. The second-order valence-corrected chi connectivity index (χ2v) is 10.7. The number of aromatic nitrogens is 3. The van der Waals surface area contributed by atoms with E-state index in [-0.39, 0.29) is 24.7 Å². The highest BCUT2D eigenvalue weighted by molar-refractivity contribution is 7.98. The summed E-state index contributed by atoms with van der Waals surface area (Å²) in [6, 6.07) is 1.99. The molecule has 3 aromatic rings. The number of thioether (sulfide) groups is 1. The van der Waals surface area contributed by atoms with Crippen molar-refractivity contribution < 1.29 is 14.6 Å². The Balaban J connectivity index is 1.69. The molecular weight excluding hydrogens is 456 g/mol. The van der Waals surface area contributed by atoms with E-state index in [4.69, 9.17) is 24.4 Å². The van der Waals surface area contributed by atoms with Gasteiger partial charge in [-0.25, -0.2) is 15.0 Å². The van der Waals surface area contributed by atoms with Gasteiger partial charge in [0.25, 0.3) is 0 Å². The Morgan fingerprint density at radius 1 is 1.30 bits per heavy atom. The lowest BCUT2D eigenvalue weighted by molar-refractivity contribution is -0.150. The molecule has 0 radical (unpaired) electrons. The van der Waals surface area contributed by atoms with Gasteiger partial charge in [-0.05, 0) is 57.1 Å². The first-order valence-electron chi connectivity index (χ1n) is 11.2. The number of aliphatic imine (C=N–C) groups is 1. The van der Waals surface area contributed by atoms with Crippen LogP contribution in [0.1, 0.15) is 38.3 Å². The molecule has 7 nitrogen and oxygen atoms in total. The third-order valence-electron chi connectivity index (χ3n) is 6.34. The Bertz CT molecular complexity index is 1210. The van der Waals surface area contributed by atoms with Gasteiger partial charge in [-0.1, -0.05) is 6.92 Å². The fraction of sp³-hybridized carbons (Fsp3) is 0.500. The zero-order valence-electron chi connectivity index (χ0n) is 19.5. The van der Waals surface area contributed by atoms with Crippen molar-refractivity contribution in [2.75, 3.05) is 12.9 Å². The third-order valence-corrected chi connectivity index (χ3v) is 8.12. The van der Waals surface area contributed by atoms with Gasteiger partial charge in [0.1, 0.15) is 21.7 Å². The summed E-state index contributed by atoms with van der Waals surface area (Å²) in [5.41, 5.74) is 5.08. The highest BCUT2D eigenvalue weighted by Crippen LogP contribution is 2.44. The molecule has 1 saturated carbocycles. The quantitative estimate of drug-likeness (QED) is 0.513. The minimum atomic E-state index is -0.702. The molecule has 0 amide bonds. The third kappa shape index (κ3) is 4.00. The number of aliphatic hydroxyl groups is 1. The Morgan fingerprint density at radius 2 is 2.12 bits per heavy atom. The van der Waals surface area contributed by atoms with Crippen LogP contribution in [0.5, 0.6) is 0 Å². The predicted molar refractivity (Wildman–Crippen MR) is 133 cm³/mol. The molecule has 1 saturated heterocycles. The Morgan fingerprint density at radius 3 is 2.82 bits per heavy atom. The molecule has 3 aromatic heterocycles. The molecule has 0 bridgehead atoms. The molecule has 1 aliphatic heterocycles. The summed E-state index contributed by atoms with van der Waals surface area (Å²) >= 11 is 3.27. The summed E-state index contributed by atoms with van der Waals surface area (Å²) in [6.45, 7) is 8.13. The number of hydrogen-bond acceptors (Lipinski definition) is 9. The first-order valence-corrected chi connectivity index (χ1v) is 13.2. The number of rotatable bonds is 5. The number of nitrogens with zero attached hydrogens (tertiary/aromatic N) is 4. The largest absolute Gasteiger partial charge is 0.396 e. The van der Waals surface area contributed by atoms with E-state index in [0.29, 0.717) is 12.2 Å².